The van der Waals surface area contributed by atoms with Gasteiger partial charge in [0.2, 0.25) is 0 Å². The van der Waals surface area contributed by atoms with Crippen LogP contribution in [0.1, 0.15) is 27.7 Å². The van der Waals surface area contributed by atoms with Crippen molar-refractivity contribution >= 4 is 58.5 Å². The molecular formula is C10H18CoO2S4. The summed E-state index contributed by atoms with van der Waals surface area (Å²) >= 11 is 18.0. The van der Waals surface area contributed by atoms with Crippen molar-refractivity contribution in [3.63, 3.8) is 0 Å². The van der Waals surface area contributed by atoms with Gasteiger partial charge in [-0.05, 0) is 11.8 Å². The number of rotatable bonds is 4. The third-order valence-electron chi connectivity index (χ3n) is 1.07. The minimum Gasteiger partial charge on any atom is -0.513 e. The first kappa shape index (κ1) is 22.9. The van der Waals surface area contributed by atoms with Crippen molar-refractivity contribution in [2.24, 2.45) is 11.8 Å². The van der Waals surface area contributed by atoms with Crippen molar-refractivity contribution in [3.8, 4) is 0 Å². The summed E-state index contributed by atoms with van der Waals surface area (Å²) in [4.78, 5) is 0. The molecule has 0 atom stereocenters. The van der Waals surface area contributed by atoms with E-state index in [1.54, 1.807) is 0 Å². The van der Waals surface area contributed by atoms with E-state index in [0.717, 1.165) is 0 Å². The Kier molecular flexibility index (Phi) is 19.9. The Hall–Kier alpha value is 0.726. The molecule has 0 unspecified atom stereocenters. The van der Waals surface area contributed by atoms with Crippen LogP contribution in [0.25, 0.3) is 0 Å². The van der Waals surface area contributed by atoms with E-state index in [1.165, 1.54) is 0 Å². The van der Waals surface area contributed by atoms with Gasteiger partial charge in [0.25, 0.3) is 0 Å². The van der Waals surface area contributed by atoms with Gasteiger partial charge in [-0.1, -0.05) is 27.7 Å². The Morgan fingerprint density at radius 3 is 1.18 bits per heavy atom. The van der Waals surface area contributed by atoms with Crippen molar-refractivity contribution in [2.75, 3.05) is 13.2 Å². The van der Waals surface area contributed by atoms with Gasteiger partial charge in [0, 0.05) is 8.77 Å². The quantitative estimate of drug-likeness (QED) is 0.565. The van der Waals surface area contributed by atoms with E-state index < -0.39 is 0 Å². The van der Waals surface area contributed by atoms with Gasteiger partial charge < -0.3 is 59.2 Å². The van der Waals surface area contributed by atoms with Crippen LogP contribution in [0.5, 0.6) is 0 Å². The van der Waals surface area contributed by atoms with E-state index in [-0.39, 0.29) is 25.5 Å². The molecule has 0 aromatic carbocycles. The number of ether oxygens (including phenoxy) is 2. The van der Waals surface area contributed by atoms with E-state index in [2.05, 4.69) is 49.7 Å². The topological polar surface area (TPSA) is 18.5 Å². The van der Waals surface area contributed by atoms with E-state index in [0.29, 0.717) is 25.0 Å². The summed E-state index contributed by atoms with van der Waals surface area (Å²) < 4.78 is 10.1. The molecule has 103 valence electrons. The van der Waals surface area contributed by atoms with E-state index >= 15 is 0 Å². The Bertz CT molecular complexity index is 188. The molecule has 0 aliphatic heterocycles. The second kappa shape index (κ2) is 14.8. The van der Waals surface area contributed by atoms with E-state index in [9.17, 15) is 0 Å². The summed E-state index contributed by atoms with van der Waals surface area (Å²) in [7, 11) is 0. The zero-order valence-corrected chi connectivity index (χ0v) is 14.7. The number of hydrogen-bond donors (Lipinski definition) is 0. The smallest absolute Gasteiger partial charge is 0.513 e. The fourth-order valence-corrected chi connectivity index (χ4v) is 0.742. The maximum absolute atomic E-state index is 4.85. The fourth-order valence-electron chi connectivity index (χ4n) is 0.469. The van der Waals surface area contributed by atoms with Crippen molar-refractivity contribution in [1.29, 1.82) is 0 Å². The molecule has 2 nitrogen and oxygen atoms in total. The standard InChI is InChI=1S/2C5H10OS2.Co/c2*1-4(2)3-6-5(7)8;/h2*4H,3H2,1-2H3,(H,7,8);/q;;+2/p-2. The molecule has 0 saturated carbocycles. The van der Waals surface area contributed by atoms with Crippen LogP contribution in [0.4, 0.5) is 0 Å². The first-order valence-electron chi connectivity index (χ1n) is 4.93. The van der Waals surface area contributed by atoms with Crippen LogP contribution in [0.2, 0.25) is 0 Å². The van der Waals surface area contributed by atoms with Gasteiger partial charge in [-0.25, -0.2) is 0 Å². The average molecular weight is 357 g/mol. The molecule has 0 bridgehead atoms. The second-order valence-corrected chi connectivity index (χ2v) is 5.91. The molecule has 0 N–H and O–H groups in total. The molecule has 7 heteroatoms. The monoisotopic (exact) mass is 357 g/mol. The summed E-state index contributed by atoms with van der Waals surface area (Å²) in [6, 6.07) is 0. The van der Waals surface area contributed by atoms with Crippen LogP contribution in [0.15, 0.2) is 0 Å². The zero-order chi connectivity index (χ0) is 13.1. The normalized spacial score (nSPS) is 8.82. The van der Waals surface area contributed by atoms with Gasteiger partial charge >= 0.3 is 16.8 Å². The number of hydrogen-bond acceptors (Lipinski definition) is 6. The SMILES string of the molecule is CC(C)COC(=S)[S-].CC(C)COC(=S)[S-].[Co+2]. The van der Waals surface area contributed by atoms with Gasteiger partial charge in [-0.3, -0.25) is 0 Å². The van der Waals surface area contributed by atoms with Gasteiger partial charge in [0.1, 0.15) is 0 Å². The summed E-state index contributed by atoms with van der Waals surface area (Å²) in [6.45, 7) is 9.48. The molecule has 0 aliphatic carbocycles. The second-order valence-electron chi connectivity index (χ2n) is 3.91. The molecule has 0 spiro atoms. The molecule has 0 saturated heterocycles. The molecule has 1 radical (unpaired) electrons. The molecule has 0 fully saturated rings. The van der Waals surface area contributed by atoms with Gasteiger partial charge in [0.15, 0.2) is 0 Å². The largest absolute Gasteiger partial charge is 2.00 e. The Balaban J connectivity index is -0.000000218. The van der Waals surface area contributed by atoms with Crippen LogP contribution in [-0.2, 0) is 51.5 Å². The maximum Gasteiger partial charge on any atom is 2.00 e. The fraction of sp³-hybridized carbons (Fsp3) is 0.800. The summed E-state index contributed by atoms with van der Waals surface area (Å²) in [5.74, 6) is 1.02. The van der Waals surface area contributed by atoms with Crippen LogP contribution >= 0.6 is 24.4 Å². The predicted octanol–water partition coefficient (Wildman–Crippen LogP) is 2.98. The van der Waals surface area contributed by atoms with Crippen molar-refractivity contribution in [2.45, 2.75) is 27.7 Å². The first-order valence-corrected chi connectivity index (χ1v) is 6.56. The van der Waals surface area contributed by atoms with Crippen LogP contribution in [-0.4, -0.2) is 22.0 Å². The molecular weight excluding hydrogens is 339 g/mol. The van der Waals surface area contributed by atoms with Gasteiger partial charge in [0.05, 0.1) is 13.2 Å². The zero-order valence-electron chi connectivity index (χ0n) is 10.4. The van der Waals surface area contributed by atoms with Gasteiger partial charge in [-0.2, -0.15) is 0 Å². The van der Waals surface area contributed by atoms with Crippen molar-refractivity contribution < 1.29 is 26.3 Å². The molecule has 0 rings (SSSR count). The van der Waals surface area contributed by atoms with Gasteiger partial charge in [-0.15, -0.1) is 0 Å². The maximum atomic E-state index is 4.85. The Morgan fingerprint density at radius 2 is 1.12 bits per heavy atom. The third-order valence-corrected chi connectivity index (χ3v) is 1.54. The van der Waals surface area contributed by atoms with Crippen LogP contribution in [0.3, 0.4) is 0 Å². The Morgan fingerprint density at radius 1 is 0.882 bits per heavy atom. The van der Waals surface area contributed by atoms with Crippen LogP contribution in [0, 0.1) is 11.8 Å². The predicted molar refractivity (Wildman–Crippen MR) is 81.5 cm³/mol. The molecule has 17 heavy (non-hydrogen) atoms. The Labute approximate surface area is 137 Å². The first-order chi connectivity index (χ1) is 7.25. The molecule has 0 aliphatic rings. The molecule has 0 aromatic heterocycles. The number of thiocarbonyl (C=S) groups is 2. The van der Waals surface area contributed by atoms with Crippen molar-refractivity contribution in [3.05, 3.63) is 0 Å². The summed E-state index contributed by atoms with van der Waals surface area (Å²) in [5.41, 5.74) is 0. The molecule has 0 aromatic rings. The molecule has 0 amide bonds. The minimum atomic E-state index is 0. The van der Waals surface area contributed by atoms with Crippen molar-refractivity contribution in [1.82, 2.24) is 0 Å². The third kappa shape index (κ3) is 31.5. The minimum absolute atomic E-state index is 0. The molecule has 0 heterocycles. The van der Waals surface area contributed by atoms with E-state index in [4.69, 9.17) is 9.47 Å². The summed E-state index contributed by atoms with van der Waals surface area (Å²) in [6.07, 6.45) is 0. The average Bonchev–Trinajstić information content (AvgIpc) is 2.12. The van der Waals surface area contributed by atoms with Crippen LogP contribution < -0.4 is 0 Å². The summed E-state index contributed by atoms with van der Waals surface area (Å²) in [5, 5.41) is 0. The van der Waals surface area contributed by atoms with E-state index in [1.807, 2.05) is 27.7 Å².